The van der Waals surface area contributed by atoms with Crippen molar-refractivity contribution < 1.29 is 14.7 Å². The minimum absolute atomic E-state index is 0.0303. The predicted molar refractivity (Wildman–Crippen MR) is 103 cm³/mol. The van der Waals surface area contributed by atoms with Gasteiger partial charge in [0.2, 0.25) is 0 Å². The molecule has 1 amide bonds. The van der Waals surface area contributed by atoms with E-state index in [0.29, 0.717) is 18.7 Å². The van der Waals surface area contributed by atoms with Gasteiger partial charge in [0.1, 0.15) is 0 Å². The average Bonchev–Trinajstić information content (AvgIpc) is 3.27. The fourth-order valence-corrected chi connectivity index (χ4v) is 4.39. The van der Waals surface area contributed by atoms with Crippen molar-refractivity contribution in [3.8, 4) is 5.13 Å². The third-order valence-electron chi connectivity index (χ3n) is 5.02. The second-order valence-corrected chi connectivity index (χ2v) is 7.57. The first kappa shape index (κ1) is 17.5. The van der Waals surface area contributed by atoms with Crippen molar-refractivity contribution in [3.63, 3.8) is 0 Å². The van der Waals surface area contributed by atoms with E-state index in [1.165, 1.54) is 11.3 Å². The molecular formula is C20H19N3O3S. The number of aryl methyl sites for hydroxylation is 1. The first-order chi connectivity index (χ1) is 13.0. The van der Waals surface area contributed by atoms with Crippen LogP contribution >= 0.6 is 11.3 Å². The van der Waals surface area contributed by atoms with Crippen LogP contribution < -0.4 is 0 Å². The highest BCUT2D eigenvalue weighted by Gasteiger charge is 2.26. The van der Waals surface area contributed by atoms with Crippen molar-refractivity contribution in [1.29, 1.82) is 0 Å². The Bertz CT molecular complexity index is 1040. The molecule has 2 aromatic heterocycles. The molecule has 27 heavy (non-hydrogen) atoms. The lowest BCUT2D eigenvalue weighted by molar-refractivity contribution is 0.0696. The fraction of sp³-hybridized carbons (Fsp3) is 0.250. The van der Waals surface area contributed by atoms with Crippen molar-refractivity contribution in [2.45, 2.75) is 26.8 Å². The lowest BCUT2D eigenvalue weighted by Gasteiger charge is -2.29. The number of carbonyl (C=O) groups is 2. The highest BCUT2D eigenvalue weighted by atomic mass is 32.1. The number of benzene rings is 1. The molecule has 6 nitrogen and oxygen atoms in total. The summed E-state index contributed by atoms with van der Waals surface area (Å²) in [6, 6.07) is 7.06. The van der Waals surface area contributed by atoms with E-state index in [1.807, 2.05) is 35.9 Å². The van der Waals surface area contributed by atoms with Gasteiger partial charge in [-0.15, -0.1) is 11.3 Å². The third-order valence-corrected chi connectivity index (χ3v) is 5.78. The Morgan fingerprint density at radius 3 is 2.70 bits per heavy atom. The molecule has 4 rings (SSSR count). The van der Waals surface area contributed by atoms with Gasteiger partial charge in [-0.2, -0.15) is 0 Å². The monoisotopic (exact) mass is 381 g/mol. The molecule has 0 saturated carbocycles. The van der Waals surface area contributed by atoms with Gasteiger partial charge in [-0.3, -0.25) is 9.36 Å². The molecule has 7 heteroatoms. The van der Waals surface area contributed by atoms with Crippen molar-refractivity contribution >= 4 is 23.2 Å². The second kappa shape index (κ2) is 6.66. The first-order valence-electron chi connectivity index (χ1n) is 8.69. The number of amides is 1. The topological polar surface area (TPSA) is 75.4 Å². The van der Waals surface area contributed by atoms with Gasteiger partial charge in [0.25, 0.3) is 5.91 Å². The van der Waals surface area contributed by atoms with E-state index in [-0.39, 0.29) is 11.5 Å². The van der Waals surface area contributed by atoms with Gasteiger partial charge < -0.3 is 10.0 Å². The molecule has 0 spiro atoms. The summed E-state index contributed by atoms with van der Waals surface area (Å²) < 4.78 is 2.00. The SMILES string of the molecule is Cc1cc(C(=O)N2CCc3ccc(C(=O)O)cc3C2)c(C)n1-c1nccs1. The molecule has 0 aliphatic carbocycles. The Balaban J connectivity index is 1.64. The minimum atomic E-state index is -0.951. The normalized spacial score (nSPS) is 13.5. The number of thiazole rings is 1. The van der Waals surface area contributed by atoms with E-state index in [9.17, 15) is 14.7 Å². The number of hydrogen-bond donors (Lipinski definition) is 1. The summed E-state index contributed by atoms with van der Waals surface area (Å²) >= 11 is 1.53. The Morgan fingerprint density at radius 2 is 2.00 bits per heavy atom. The molecule has 1 aliphatic rings. The number of fused-ring (bicyclic) bond motifs is 1. The van der Waals surface area contributed by atoms with E-state index in [2.05, 4.69) is 4.98 Å². The summed E-state index contributed by atoms with van der Waals surface area (Å²) in [5, 5.41) is 12.0. The number of nitrogens with zero attached hydrogens (tertiary/aromatic N) is 3. The molecular weight excluding hydrogens is 362 g/mol. The smallest absolute Gasteiger partial charge is 0.335 e. The van der Waals surface area contributed by atoms with Crippen LogP contribution in [-0.2, 0) is 13.0 Å². The molecule has 0 radical (unpaired) electrons. The maximum absolute atomic E-state index is 13.2. The molecule has 1 N–H and O–H groups in total. The molecule has 138 valence electrons. The van der Waals surface area contributed by atoms with Gasteiger partial charge in [0.05, 0.1) is 11.1 Å². The standard InChI is InChI=1S/C20H19N3O3S/c1-12-9-17(13(2)23(12)20-21-6-8-27-20)18(24)22-7-5-14-3-4-15(19(25)26)10-16(14)11-22/h3-4,6,8-10H,5,7,11H2,1-2H3,(H,25,26). The number of rotatable bonds is 3. The van der Waals surface area contributed by atoms with Crippen molar-refractivity contribution in [3.05, 3.63) is 69.5 Å². The van der Waals surface area contributed by atoms with Gasteiger partial charge in [-0.25, -0.2) is 9.78 Å². The van der Waals surface area contributed by atoms with Gasteiger partial charge in [-0.05, 0) is 49.6 Å². The van der Waals surface area contributed by atoms with Crippen LogP contribution in [0.3, 0.4) is 0 Å². The number of hydrogen-bond acceptors (Lipinski definition) is 4. The van der Waals surface area contributed by atoms with Crippen LogP contribution in [0.4, 0.5) is 0 Å². The van der Waals surface area contributed by atoms with Gasteiger partial charge in [0, 0.05) is 36.1 Å². The van der Waals surface area contributed by atoms with E-state index >= 15 is 0 Å². The molecule has 0 saturated heterocycles. The van der Waals surface area contributed by atoms with E-state index in [1.54, 1.807) is 23.2 Å². The van der Waals surface area contributed by atoms with E-state index in [4.69, 9.17) is 0 Å². The lowest BCUT2D eigenvalue weighted by Crippen LogP contribution is -2.36. The number of carbonyl (C=O) groups excluding carboxylic acids is 1. The Hall–Kier alpha value is -2.93. The molecule has 3 heterocycles. The van der Waals surface area contributed by atoms with Crippen LogP contribution in [-0.4, -0.2) is 38.0 Å². The van der Waals surface area contributed by atoms with Gasteiger partial charge in [-0.1, -0.05) is 6.07 Å². The Morgan fingerprint density at radius 1 is 1.19 bits per heavy atom. The molecule has 0 atom stereocenters. The van der Waals surface area contributed by atoms with E-state index < -0.39 is 5.97 Å². The Labute approximate surface area is 160 Å². The zero-order valence-corrected chi connectivity index (χ0v) is 15.9. The molecule has 0 fully saturated rings. The highest BCUT2D eigenvalue weighted by Crippen LogP contribution is 2.26. The Kier molecular flexibility index (Phi) is 4.31. The van der Waals surface area contributed by atoms with Crippen molar-refractivity contribution in [2.75, 3.05) is 6.54 Å². The van der Waals surface area contributed by atoms with Crippen molar-refractivity contribution in [1.82, 2.24) is 14.5 Å². The zero-order valence-electron chi connectivity index (χ0n) is 15.1. The van der Waals surface area contributed by atoms with Gasteiger partial charge in [0.15, 0.2) is 5.13 Å². The summed E-state index contributed by atoms with van der Waals surface area (Å²) in [5.41, 5.74) is 4.78. The van der Waals surface area contributed by atoms with Gasteiger partial charge >= 0.3 is 5.97 Å². The number of carboxylic acid groups (broad SMARTS) is 1. The average molecular weight is 381 g/mol. The summed E-state index contributed by atoms with van der Waals surface area (Å²) in [4.78, 5) is 30.5. The largest absolute Gasteiger partial charge is 0.478 e. The summed E-state index contributed by atoms with van der Waals surface area (Å²) in [7, 11) is 0. The maximum atomic E-state index is 13.2. The summed E-state index contributed by atoms with van der Waals surface area (Å²) in [6.07, 6.45) is 2.48. The van der Waals surface area contributed by atoms with E-state index in [0.717, 1.165) is 34.1 Å². The molecule has 0 bridgehead atoms. The van der Waals surface area contributed by atoms with Crippen LogP contribution in [0.2, 0.25) is 0 Å². The third kappa shape index (κ3) is 3.04. The molecule has 1 aromatic carbocycles. The van der Waals surface area contributed by atoms with Crippen LogP contribution in [0.1, 0.15) is 43.2 Å². The molecule has 1 aliphatic heterocycles. The quantitative estimate of drug-likeness (QED) is 0.754. The number of aromatic nitrogens is 2. The maximum Gasteiger partial charge on any atom is 0.335 e. The molecule has 3 aromatic rings. The van der Waals surface area contributed by atoms with Crippen LogP contribution in [0.25, 0.3) is 5.13 Å². The van der Waals surface area contributed by atoms with Crippen molar-refractivity contribution in [2.24, 2.45) is 0 Å². The fourth-order valence-electron chi connectivity index (χ4n) is 3.63. The predicted octanol–water partition coefficient (Wildman–Crippen LogP) is 3.45. The van der Waals surface area contributed by atoms with Crippen LogP contribution in [0.5, 0.6) is 0 Å². The highest BCUT2D eigenvalue weighted by molar-refractivity contribution is 7.12. The lowest BCUT2D eigenvalue weighted by atomic mass is 9.97. The van der Waals surface area contributed by atoms with Crippen LogP contribution in [0.15, 0.2) is 35.8 Å². The first-order valence-corrected chi connectivity index (χ1v) is 9.57. The molecule has 0 unspecified atom stereocenters. The number of carboxylic acids is 1. The minimum Gasteiger partial charge on any atom is -0.478 e. The summed E-state index contributed by atoms with van der Waals surface area (Å²) in [6.45, 7) is 4.95. The summed E-state index contributed by atoms with van der Waals surface area (Å²) in [5.74, 6) is -0.981. The van der Waals surface area contributed by atoms with Crippen LogP contribution in [0, 0.1) is 13.8 Å². The second-order valence-electron chi connectivity index (χ2n) is 6.70. The zero-order chi connectivity index (χ0) is 19.1. The number of aromatic carboxylic acids is 1.